The number of fused-ring (bicyclic) bond motifs is 3. The lowest BCUT2D eigenvalue weighted by molar-refractivity contribution is -0.117. The van der Waals surface area contributed by atoms with Gasteiger partial charge in [-0.15, -0.1) is 5.10 Å². The minimum Gasteiger partial charge on any atom is -0.465 e. The van der Waals surface area contributed by atoms with E-state index < -0.39 is 17.6 Å². The number of amides is 1. The number of hydrogen-bond donors (Lipinski definition) is 1. The first-order valence-electron chi connectivity index (χ1n) is 11.0. The molecule has 0 aliphatic carbocycles. The summed E-state index contributed by atoms with van der Waals surface area (Å²) in [6.07, 6.45) is 0. The molecule has 0 fully saturated rings. The Bertz CT molecular complexity index is 1650. The normalized spacial score (nSPS) is 10.9. The molecule has 1 N–H and O–H groups in total. The molecule has 10 nitrogen and oxygen atoms in total. The highest BCUT2D eigenvalue weighted by atomic mass is 16.5. The van der Waals surface area contributed by atoms with E-state index in [1.54, 1.807) is 42.5 Å². The number of carbonyl (C=O) groups excluding carboxylic acids is 2. The lowest BCUT2D eigenvalue weighted by Crippen LogP contribution is -2.28. The molecule has 10 heteroatoms. The van der Waals surface area contributed by atoms with Gasteiger partial charge in [-0.1, -0.05) is 29.8 Å². The van der Waals surface area contributed by atoms with Gasteiger partial charge in [0, 0.05) is 5.69 Å². The van der Waals surface area contributed by atoms with Crippen molar-refractivity contribution in [3.63, 3.8) is 0 Å². The second-order valence-electron chi connectivity index (χ2n) is 8.04. The second kappa shape index (κ2) is 9.34. The van der Waals surface area contributed by atoms with Gasteiger partial charge >= 0.3 is 11.7 Å². The number of hydrogen-bond acceptors (Lipinski definition) is 7. The zero-order valence-corrected chi connectivity index (χ0v) is 19.5. The number of benzene rings is 3. The third-order valence-electron chi connectivity index (χ3n) is 5.49. The molecule has 0 unspecified atom stereocenters. The topological polar surface area (TPSA) is 117 Å². The Hall–Kier alpha value is -4.99. The monoisotopic (exact) mass is 483 g/mol. The maximum absolute atomic E-state index is 13.3. The van der Waals surface area contributed by atoms with E-state index in [1.807, 2.05) is 25.1 Å². The minimum atomic E-state index is -0.506. The Balaban J connectivity index is 1.48. The van der Waals surface area contributed by atoms with Crippen molar-refractivity contribution in [1.29, 1.82) is 0 Å². The second-order valence-corrected chi connectivity index (χ2v) is 8.04. The molecule has 36 heavy (non-hydrogen) atoms. The number of nitrogens with one attached hydrogen (secondary N) is 1. The molecule has 180 valence electrons. The summed E-state index contributed by atoms with van der Waals surface area (Å²) < 4.78 is 13.1. The Labute approximate surface area is 204 Å². The van der Waals surface area contributed by atoms with E-state index in [-0.39, 0.29) is 18.1 Å². The minimum absolute atomic E-state index is 0.146. The largest absolute Gasteiger partial charge is 0.465 e. The first-order valence-corrected chi connectivity index (χ1v) is 11.0. The van der Waals surface area contributed by atoms with E-state index in [0.717, 1.165) is 10.2 Å². The average Bonchev–Trinajstić information content (AvgIpc) is 3.21. The summed E-state index contributed by atoms with van der Waals surface area (Å²) >= 11 is 0. The highest BCUT2D eigenvalue weighted by Crippen LogP contribution is 2.26. The first-order chi connectivity index (χ1) is 17.4. The Kier molecular flexibility index (Phi) is 5.91. The Morgan fingerprint density at radius 1 is 0.972 bits per heavy atom. The summed E-state index contributed by atoms with van der Waals surface area (Å²) in [7, 11) is 1.29. The summed E-state index contributed by atoms with van der Waals surface area (Å²) in [4.78, 5) is 42.1. The number of anilines is 1. The molecule has 0 aliphatic rings. The number of para-hydroxylation sites is 2. The summed E-state index contributed by atoms with van der Waals surface area (Å²) in [6.45, 7) is 1.63. The van der Waals surface area contributed by atoms with Crippen molar-refractivity contribution in [2.75, 3.05) is 12.4 Å². The smallest absolute Gasteiger partial charge is 0.351 e. The number of nitrogens with zero attached hydrogens (tertiary/aromatic N) is 4. The molecule has 3 aromatic carbocycles. The number of aromatic nitrogens is 4. The molecule has 0 atom stereocenters. The fourth-order valence-electron chi connectivity index (χ4n) is 3.70. The molecule has 0 saturated carbocycles. The molecule has 0 saturated heterocycles. The summed E-state index contributed by atoms with van der Waals surface area (Å²) in [5.41, 5.74) is 2.66. The lowest BCUT2D eigenvalue weighted by atomic mass is 10.2. The van der Waals surface area contributed by atoms with Crippen LogP contribution < -0.4 is 15.7 Å². The maximum Gasteiger partial charge on any atom is 0.351 e. The van der Waals surface area contributed by atoms with Crippen LogP contribution in [0.15, 0.2) is 77.6 Å². The number of esters is 1. The standard InChI is InChI=1S/C26H21N5O5/c1-16-7-13-19(14-8-16)36-24-23-29-30(26(34)31(23)21-6-4-3-5-20(21)28-24)15-22(32)27-18-11-9-17(10-12-18)25(33)35-2/h3-14H,15H2,1-2H3,(H,27,32). The van der Waals surface area contributed by atoms with Crippen molar-refractivity contribution < 1.29 is 19.1 Å². The summed E-state index contributed by atoms with van der Waals surface area (Å²) in [5, 5.41) is 7.06. The van der Waals surface area contributed by atoms with Crippen LogP contribution in [-0.2, 0) is 16.1 Å². The third kappa shape index (κ3) is 4.39. The molecule has 5 aromatic rings. The molecule has 1 amide bonds. The van der Waals surface area contributed by atoms with E-state index in [4.69, 9.17) is 4.74 Å². The van der Waals surface area contributed by atoms with Gasteiger partial charge in [0.25, 0.3) is 5.88 Å². The van der Waals surface area contributed by atoms with E-state index in [0.29, 0.717) is 28.0 Å². The fraction of sp³-hybridized carbons (Fsp3) is 0.115. The van der Waals surface area contributed by atoms with Gasteiger partial charge in [-0.3, -0.25) is 4.79 Å². The van der Waals surface area contributed by atoms with E-state index in [1.165, 1.54) is 23.6 Å². The molecule has 5 rings (SSSR count). The average molecular weight is 483 g/mol. The van der Waals surface area contributed by atoms with Gasteiger partial charge in [0.05, 0.1) is 23.7 Å². The zero-order valence-electron chi connectivity index (χ0n) is 19.5. The first kappa shape index (κ1) is 22.8. The van der Waals surface area contributed by atoms with Crippen molar-refractivity contribution >= 4 is 34.2 Å². The van der Waals surface area contributed by atoms with Gasteiger partial charge in [0.15, 0.2) is 0 Å². The van der Waals surface area contributed by atoms with Crippen LogP contribution in [0.4, 0.5) is 5.69 Å². The highest BCUT2D eigenvalue weighted by molar-refractivity contribution is 5.93. The maximum atomic E-state index is 13.3. The molecule has 2 heterocycles. The fourth-order valence-corrected chi connectivity index (χ4v) is 3.70. The molecule has 0 aliphatic heterocycles. The van der Waals surface area contributed by atoms with Crippen LogP contribution in [0.1, 0.15) is 15.9 Å². The van der Waals surface area contributed by atoms with Gasteiger partial charge < -0.3 is 14.8 Å². The molecular formula is C26H21N5O5. The highest BCUT2D eigenvalue weighted by Gasteiger charge is 2.19. The predicted molar refractivity (Wildman–Crippen MR) is 132 cm³/mol. The van der Waals surface area contributed by atoms with Crippen LogP contribution in [0.3, 0.4) is 0 Å². The predicted octanol–water partition coefficient (Wildman–Crippen LogP) is 3.57. The van der Waals surface area contributed by atoms with Crippen LogP contribution in [0.2, 0.25) is 0 Å². The van der Waals surface area contributed by atoms with E-state index in [2.05, 4.69) is 20.1 Å². The van der Waals surface area contributed by atoms with Crippen molar-refractivity contribution in [2.24, 2.45) is 0 Å². The van der Waals surface area contributed by atoms with Crippen molar-refractivity contribution in [2.45, 2.75) is 13.5 Å². The Morgan fingerprint density at radius 2 is 1.69 bits per heavy atom. The van der Waals surface area contributed by atoms with Gasteiger partial charge in [-0.2, -0.15) is 0 Å². The van der Waals surface area contributed by atoms with Gasteiger partial charge in [0.2, 0.25) is 11.6 Å². The molecule has 0 bridgehead atoms. The number of methoxy groups -OCH3 is 1. The summed E-state index contributed by atoms with van der Waals surface area (Å²) in [6, 6.07) is 20.7. The SMILES string of the molecule is COC(=O)c1ccc(NC(=O)Cn2nc3c(Oc4ccc(C)cc4)nc4ccccc4n3c2=O)cc1. The third-order valence-corrected chi connectivity index (χ3v) is 5.49. The summed E-state index contributed by atoms with van der Waals surface area (Å²) in [5.74, 6) is -0.258. The number of carbonyl (C=O) groups is 2. The van der Waals surface area contributed by atoms with Gasteiger partial charge in [-0.25, -0.2) is 23.7 Å². The van der Waals surface area contributed by atoms with Gasteiger partial charge in [0.1, 0.15) is 12.3 Å². The van der Waals surface area contributed by atoms with Crippen LogP contribution in [0.5, 0.6) is 11.6 Å². The van der Waals surface area contributed by atoms with Crippen LogP contribution in [0.25, 0.3) is 16.7 Å². The van der Waals surface area contributed by atoms with E-state index >= 15 is 0 Å². The number of rotatable bonds is 6. The molecule has 2 aromatic heterocycles. The van der Waals surface area contributed by atoms with Crippen molar-refractivity contribution in [1.82, 2.24) is 19.2 Å². The zero-order chi connectivity index (χ0) is 25.2. The van der Waals surface area contributed by atoms with Crippen LogP contribution >= 0.6 is 0 Å². The quantitative estimate of drug-likeness (QED) is 0.367. The van der Waals surface area contributed by atoms with Crippen LogP contribution in [0, 0.1) is 6.92 Å². The molecule has 0 radical (unpaired) electrons. The molecule has 0 spiro atoms. The lowest BCUT2D eigenvalue weighted by Gasteiger charge is -2.07. The van der Waals surface area contributed by atoms with E-state index in [9.17, 15) is 14.4 Å². The number of aryl methyl sites for hydroxylation is 1. The van der Waals surface area contributed by atoms with Crippen LogP contribution in [-0.4, -0.2) is 38.2 Å². The van der Waals surface area contributed by atoms with Crippen molar-refractivity contribution in [3.8, 4) is 11.6 Å². The molecular weight excluding hydrogens is 462 g/mol. The number of ether oxygens (including phenoxy) is 2. The van der Waals surface area contributed by atoms with Gasteiger partial charge in [-0.05, 0) is 55.5 Å². The Morgan fingerprint density at radius 3 is 2.42 bits per heavy atom. The van der Waals surface area contributed by atoms with Crippen molar-refractivity contribution in [3.05, 3.63) is 94.4 Å².